The molecule has 2 amide bonds. The lowest BCUT2D eigenvalue weighted by Gasteiger charge is -2.15. The van der Waals surface area contributed by atoms with E-state index >= 15 is 0 Å². The summed E-state index contributed by atoms with van der Waals surface area (Å²) in [6.07, 6.45) is 1.59. The van der Waals surface area contributed by atoms with Crippen molar-refractivity contribution >= 4 is 22.6 Å². The number of benzene rings is 3. The first-order chi connectivity index (χ1) is 13.2. The average Bonchev–Trinajstić information content (AvgIpc) is 3.11. The van der Waals surface area contributed by atoms with Crippen LogP contribution in [0.3, 0.4) is 0 Å². The number of hydrogen-bond acceptors (Lipinski definition) is 2. The number of carbonyl (C=O) groups is 2. The molecular weight excluding hydrogens is 336 g/mol. The van der Waals surface area contributed by atoms with Crippen LogP contribution >= 0.6 is 0 Å². The van der Waals surface area contributed by atoms with Gasteiger partial charge in [0.05, 0.1) is 0 Å². The summed E-state index contributed by atoms with van der Waals surface area (Å²) >= 11 is 0. The smallest absolute Gasteiger partial charge is 0.251 e. The molecule has 0 unspecified atom stereocenters. The summed E-state index contributed by atoms with van der Waals surface area (Å²) in [7, 11) is 0. The summed E-state index contributed by atoms with van der Waals surface area (Å²) in [4.78, 5) is 26.0. The lowest BCUT2D eigenvalue weighted by Crippen LogP contribution is -2.24. The van der Waals surface area contributed by atoms with Gasteiger partial charge in [0, 0.05) is 31.6 Å². The van der Waals surface area contributed by atoms with E-state index in [0.717, 1.165) is 24.1 Å². The van der Waals surface area contributed by atoms with Gasteiger partial charge >= 0.3 is 0 Å². The average molecular weight is 358 g/mol. The molecule has 0 saturated carbocycles. The standard InChI is InChI=1S/C23H22N2O2/c26-22-6-3-13-25(22)16-17-7-11-20(12-8-17)23(27)24-15-18-9-10-19-4-1-2-5-21(19)14-18/h1-2,4-5,7-12,14H,3,6,13,15-16H2,(H,24,27). The Labute approximate surface area is 158 Å². The van der Waals surface area contributed by atoms with Crippen LogP contribution in [0.2, 0.25) is 0 Å². The molecule has 1 aliphatic heterocycles. The largest absolute Gasteiger partial charge is 0.348 e. The third-order valence-electron chi connectivity index (χ3n) is 5.03. The van der Waals surface area contributed by atoms with Crippen molar-refractivity contribution in [1.29, 1.82) is 0 Å². The van der Waals surface area contributed by atoms with Crippen molar-refractivity contribution in [3.05, 3.63) is 83.4 Å². The van der Waals surface area contributed by atoms with E-state index in [2.05, 4.69) is 29.6 Å². The van der Waals surface area contributed by atoms with Gasteiger partial charge in [0.15, 0.2) is 0 Å². The number of fused-ring (bicyclic) bond motifs is 1. The van der Waals surface area contributed by atoms with Crippen molar-refractivity contribution in [2.24, 2.45) is 0 Å². The first-order valence-corrected chi connectivity index (χ1v) is 9.32. The fraction of sp³-hybridized carbons (Fsp3) is 0.217. The van der Waals surface area contributed by atoms with Crippen LogP contribution in [-0.4, -0.2) is 23.3 Å². The van der Waals surface area contributed by atoms with Crippen LogP contribution in [0, 0.1) is 0 Å². The summed E-state index contributed by atoms with van der Waals surface area (Å²) in [6, 6.07) is 21.9. The molecule has 0 radical (unpaired) electrons. The minimum atomic E-state index is -0.0908. The molecule has 3 aromatic rings. The highest BCUT2D eigenvalue weighted by Gasteiger charge is 2.19. The van der Waals surface area contributed by atoms with Crippen LogP contribution < -0.4 is 5.32 Å². The van der Waals surface area contributed by atoms with Crippen LogP contribution in [0.5, 0.6) is 0 Å². The Balaban J connectivity index is 1.36. The predicted molar refractivity (Wildman–Crippen MR) is 106 cm³/mol. The van der Waals surface area contributed by atoms with Gasteiger partial charge in [0.25, 0.3) is 5.91 Å². The van der Waals surface area contributed by atoms with Crippen molar-refractivity contribution in [2.45, 2.75) is 25.9 Å². The molecule has 27 heavy (non-hydrogen) atoms. The first-order valence-electron chi connectivity index (χ1n) is 9.32. The molecule has 1 N–H and O–H groups in total. The number of amides is 2. The zero-order chi connectivity index (χ0) is 18.6. The Kier molecular flexibility index (Phi) is 4.88. The molecule has 0 aliphatic carbocycles. The van der Waals surface area contributed by atoms with E-state index < -0.39 is 0 Å². The van der Waals surface area contributed by atoms with E-state index in [0.29, 0.717) is 25.1 Å². The monoisotopic (exact) mass is 358 g/mol. The predicted octanol–water partition coefficient (Wildman–Crippen LogP) is 3.89. The number of hydrogen-bond donors (Lipinski definition) is 1. The van der Waals surface area contributed by atoms with E-state index in [9.17, 15) is 9.59 Å². The van der Waals surface area contributed by atoms with Crippen molar-refractivity contribution in [3.8, 4) is 0 Å². The quantitative estimate of drug-likeness (QED) is 0.752. The zero-order valence-corrected chi connectivity index (χ0v) is 15.2. The van der Waals surface area contributed by atoms with Crippen molar-refractivity contribution in [1.82, 2.24) is 10.2 Å². The highest BCUT2D eigenvalue weighted by Crippen LogP contribution is 2.16. The Morgan fingerprint density at radius 2 is 1.67 bits per heavy atom. The fourth-order valence-corrected chi connectivity index (χ4v) is 3.49. The van der Waals surface area contributed by atoms with Gasteiger partial charge in [-0.15, -0.1) is 0 Å². The molecule has 4 rings (SSSR count). The molecule has 3 aromatic carbocycles. The third kappa shape index (κ3) is 4.00. The molecule has 0 bridgehead atoms. The summed E-state index contributed by atoms with van der Waals surface area (Å²) in [5.74, 6) is 0.124. The minimum Gasteiger partial charge on any atom is -0.348 e. The number of carbonyl (C=O) groups excluding carboxylic acids is 2. The Morgan fingerprint density at radius 3 is 2.41 bits per heavy atom. The maximum atomic E-state index is 12.4. The molecule has 0 aromatic heterocycles. The second kappa shape index (κ2) is 7.62. The van der Waals surface area contributed by atoms with Gasteiger partial charge in [-0.2, -0.15) is 0 Å². The van der Waals surface area contributed by atoms with Crippen LogP contribution in [-0.2, 0) is 17.9 Å². The molecule has 1 aliphatic rings. The second-order valence-corrected chi connectivity index (χ2v) is 6.98. The van der Waals surface area contributed by atoms with Crippen molar-refractivity contribution < 1.29 is 9.59 Å². The Hall–Kier alpha value is -3.14. The molecule has 0 spiro atoms. The molecule has 1 heterocycles. The van der Waals surface area contributed by atoms with E-state index in [-0.39, 0.29) is 11.8 Å². The minimum absolute atomic E-state index is 0.0908. The van der Waals surface area contributed by atoms with Gasteiger partial charge in [-0.25, -0.2) is 0 Å². The molecule has 136 valence electrons. The maximum absolute atomic E-state index is 12.4. The van der Waals surface area contributed by atoms with Gasteiger partial charge < -0.3 is 10.2 Å². The summed E-state index contributed by atoms with van der Waals surface area (Å²) in [5, 5.41) is 5.34. The highest BCUT2D eigenvalue weighted by atomic mass is 16.2. The Bertz CT molecular complexity index is 979. The van der Waals surface area contributed by atoms with Gasteiger partial charge in [-0.3, -0.25) is 9.59 Å². The fourth-order valence-electron chi connectivity index (χ4n) is 3.49. The van der Waals surface area contributed by atoms with E-state index in [1.807, 2.05) is 47.4 Å². The summed E-state index contributed by atoms with van der Waals surface area (Å²) in [6.45, 7) is 1.94. The number of nitrogens with zero attached hydrogens (tertiary/aromatic N) is 1. The number of rotatable bonds is 5. The van der Waals surface area contributed by atoms with Gasteiger partial charge in [0.2, 0.25) is 5.91 Å². The number of likely N-dealkylation sites (tertiary alicyclic amines) is 1. The van der Waals surface area contributed by atoms with Crippen LogP contribution in [0.15, 0.2) is 66.7 Å². The number of nitrogens with one attached hydrogen (secondary N) is 1. The maximum Gasteiger partial charge on any atom is 0.251 e. The SMILES string of the molecule is O=C(NCc1ccc2ccccc2c1)c1ccc(CN2CCCC2=O)cc1. The zero-order valence-electron chi connectivity index (χ0n) is 15.2. The van der Waals surface area contributed by atoms with Crippen LogP contribution in [0.4, 0.5) is 0 Å². The normalized spacial score (nSPS) is 13.9. The van der Waals surface area contributed by atoms with Crippen LogP contribution in [0.1, 0.15) is 34.3 Å². The molecule has 1 fully saturated rings. The lowest BCUT2D eigenvalue weighted by atomic mass is 10.1. The lowest BCUT2D eigenvalue weighted by molar-refractivity contribution is -0.128. The van der Waals surface area contributed by atoms with Gasteiger partial charge in [-0.05, 0) is 46.5 Å². The molecule has 4 heteroatoms. The molecule has 4 nitrogen and oxygen atoms in total. The molecule has 1 saturated heterocycles. The molecule has 0 atom stereocenters. The van der Waals surface area contributed by atoms with E-state index in [1.165, 1.54) is 10.8 Å². The summed E-state index contributed by atoms with van der Waals surface area (Å²) < 4.78 is 0. The van der Waals surface area contributed by atoms with Gasteiger partial charge in [-0.1, -0.05) is 48.5 Å². The van der Waals surface area contributed by atoms with Crippen LogP contribution in [0.25, 0.3) is 10.8 Å². The van der Waals surface area contributed by atoms with Crippen molar-refractivity contribution in [3.63, 3.8) is 0 Å². The summed E-state index contributed by atoms with van der Waals surface area (Å²) in [5.41, 5.74) is 2.76. The Morgan fingerprint density at radius 1 is 0.926 bits per heavy atom. The second-order valence-electron chi connectivity index (χ2n) is 6.98. The molecular formula is C23H22N2O2. The van der Waals surface area contributed by atoms with E-state index in [4.69, 9.17) is 0 Å². The van der Waals surface area contributed by atoms with E-state index in [1.54, 1.807) is 0 Å². The topological polar surface area (TPSA) is 49.4 Å². The first kappa shape index (κ1) is 17.3. The highest BCUT2D eigenvalue weighted by molar-refractivity contribution is 5.94. The van der Waals surface area contributed by atoms with Crippen molar-refractivity contribution in [2.75, 3.05) is 6.54 Å². The third-order valence-corrected chi connectivity index (χ3v) is 5.03. The van der Waals surface area contributed by atoms with Gasteiger partial charge in [0.1, 0.15) is 0 Å².